The summed E-state index contributed by atoms with van der Waals surface area (Å²) in [6, 6.07) is 21.0. The zero-order valence-electron chi connectivity index (χ0n) is 13.1. The van der Waals surface area contributed by atoms with Gasteiger partial charge in [-0.2, -0.15) is 0 Å². The Kier molecular flexibility index (Phi) is 4.14. The summed E-state index contributed by atoms with van der Waals surface area (Å²) in [5.74, 6) is 0. The second kappa shape index (κ2) is 6.22. The molecule has 1 saturated heterocycles. The molecule has 0 spiro atoms. The Morgan fingerprint density at radius 1 is 0.727 bits per heavy atom. The van der Waals surface area contributed by atoms with Crippen LogP contribution in [0.1, 0.15) is 37.1 Å². The van der Waals surface area contributed by atoms with E-state index in [0.29, 0.717) is 0 Å². The number of carbonyl (C=O) groups is 1. The first-order valence-corrected chi connectivity index (χ1v) is 7.95. The highest BCUT2D eigenvalue weighted by atomic mass is 16.2. The average molecular weight is 294 g/mol. The number of likely N-dealkylation sites (N-methyl/N-ethyl adjacent to an activating group) is 2. The van der Waals surface area contributed by atoms with Crippen molar-refractivity contribution in [2.75, 3.05) is 13.1 Å². The maximum absolute atomic E-state index is 12.8. The van der Waals surface area contributed by atoms with Crippen LogP contribution in [0.5, 0.6) is 0 Å². The van der Waals surface area contributed by atoms with Crippen LogP contribution in [0, 0.1) is 0 Å². The van der Waals surface area contributed by atoms with Crippen molar-refractivity contribution in [2.24, 2.45) is 0 Å². The molecule has 3 rings (SSSR count). The molecular formula is C19H22N2O. The van der Waals surface area contributed by atoms with E-state index < -0.39 is 0 Å². The van der Waals surface area contributed by atoms with Gasteiger partial charge in [0.05, 0.1) is 12.1 Å². The summed E-state index contributed by atoms with van der Waals surface area (Å²) in [5.41, 5.74) is 2.39. The van der Waals surface area contributed by atoms with Gasteiger partial charge in [0, 0.05) is 13.1 Å². The van der Waals surface area contributed by atoms with Gasteiger partial charge in [-0.25, -0.2) is 4.79 Å². The summed E-state index contributed by atoms with van der Waals surface area (Å²) in [4.78, 5) is 16.8. The minimum absolute atomic E-state index is 0.0704. The van der Waals surface area contributed by atoms with E-state index in [1.165, 1.54) is 11.1 Å². The van der Waals surface area contributed by atoms with Crippen molar-refractivity contribution >= 4 is 6.03 Å². The molecule has 114 valence electrons. The van der Waals surface area contributed by atoms with E-state index in [1.54, 1.807) is 0 Å². The quantitative estimate of drug-likeness (QED) is 0.827. The molecule has 0 bridgehead atoms. The van der Waals surface area contributed by atoms with E-state index in [2.05, 4.69) is 38.1 Å². The maximum atomic E-state index is 12.8. The van der Waals surface area contributed by atoms with Gasteiger partial charge in [0.25, 0.3) is 0 Å². The first kappa shape index (κ1) is 14.6. The van der Waals surface area contributed by atoms with E-state index in [0.717, 1.165) is 13.1 Å². The van der Waals surface area contributed by atoms with Crippen molar-refractivity contribution in [1.29, 1.82) is 0 Å². The Morgan fingerprint density at radius 2 is 1.09 bits per heavy atom. The van der Waals surface area contributed by atoms with Crippen LogP contribution >= 0.6 is 0 Å². The average Bonchev–Trinajstić information content (AvgIpc) is 2.88. The lowest BCUT2D eigenvalue weighted by Crippen LogP contribution is -2.32. The highest BCUT2D eigenvalue weighted by Gasteiger charge is 2.45. The summed E-state index contributed by atoms with van der Waals surface area (Å²) in [6.07, 6.45) is 0. The molecule has 22 heavy (non-hydrogen) atoms. The van der Waals surface area contributed by atoms with E-state index >= 15 is 0 Å². The molecule has 1 heterocycles. The molecular weight excluding hydrogens is 272 g/mol. The van der Waals surface area contributed by atoms with E-state index in [1.807, 2.05) is 46.2 Å². The fraction of sp³-hybridized carbons (Fsp3) is 0.316. The number of nitrogens with zero attached hydrogens (tertiary/aromatic N) is 2. The molecule has 0 saturated carbocycles. The second-order valence-electron chi connectivity index (χ2n) is 5.57. The fourth-order valence-electron chi connectivity index (χ4n) is 3.43. The Hall–Kier alpha value is -2.29. The summed E-state index contributed by atoms with van der Waals surface area (Å²) >= 11 is 0. The first-order chi connectivity index (χ1) is 10.8. The summed E-state index contributed by atoms with van der Waals surface area (Å²) in [7, 11) is 0. The van der Waals surface area contributed by atoms with Crippen LogP contribution in [0.15, 0.2) is 60.7 Å². The number of hydrogen-bond donors (Lipinski definition) is 0. The molecule has 2 atom stereocenters. The first-order valence-electron chi connectivity index (χ1n) is 7.95. The van der Waals surface area contributed by atoms with Crippen molar-refractivity contribution < 1.29 is 4.79 Å². The summed E-state index contributed by atoms with van der Waals surface area (Å²) in [5, 5.41) is 0. The molecule has 3 nitrogen and oxygen atoms in total. The van der Waals surface area contributed by atoms with Gasteiger partial charge < -0.3 is 9.80 Å². The van der Waals surface area contributed by atoms with Crippen molar-refractivity contribution in [2.45, 2.75) is 25.9 Å². The number of rotatable bonds is 4. The van der Waals surface area contributed by atoms with E-state index in [9.17, 15) is 4.79 Å². The number of benzene rings is 2. The smallest absolute Gasteiger partial charge is 0.315 e. The molecule has 1 fully saturated rings. The van der Waals surface area contributed by atoms with E-state index in [-0.39, 0.29) is 18.1 Å². The normalized spacial score (nSPS) is 21.5. The van der Waals surface area contributed by atoms with Gasteiger partial charge >= 0.3 is 6.03 Å². The summed E-state index contributed by atoms with van der Waals surface area (Å²) in [6.45, 7) is 5.54. The SMILES string of the molecule is CCN1C(=O)N(CC)[C@@H](c2ccccc2)[C@@H]1c1ccccc1. The molecule has 0 aliphatic carbocycles. The molecule has 2 aromatic rings. The van der Waals surface area contributed by atoms with Gasteiger partial charge in [-0.05, 0) is 25.0 Å². The minimum Gasteiger partial charge on any atom is -0.315 e. The standard InChI is InChI=1S/C19H22N2O/c1-3-20-17(15-11-7-5-8-12-15)18(21(4-2)19(20)22)16-13-9-6-10-14-16/h5-14,17-18H,3-4H2,1-2H3/t17-,18-/m0/s1. The molecule has 2 amide bonds. The zero-order valence-corrected chi connectivity index (χ0v) is 13.1. The van der Waals surface area contributed by atoms with Crippen molar-refractivity contribution in [3.05, 3.63) is 71.8 Å². The van der Waals surface area contributed by atoms with Gasteiger partial charge in [-0.3, -0.25) is 0 Å². The monoisotopic (exact) mass is 294 g/mol. The molecule has 1 aliphatic heterocycles. The Bertz CT molecular complexity index is 571. The zero-order chi connectivity index (χ0) is 15.5. The van der Waals surface area contributed by atoms with Gasteiger partial charge in [0.1, 0.15) is 0 Å². The Morgan fingerprint density at radius 3 is 1.41 bits per heavy atom. The van der Waals surface area contributed by atoms with Crippen LogP contribution in [-0.4, -0.2) is 28.9 Å². The minimum atomic E-state index is 0.0704. The highest BCUT2D eigenvalue weighted by Crippen LogP contribution is 2.44. The van der Waals surface area contributed by atoms with Crippen LogP contribution in [0.4, 0.5) is 4.79 Å². The molecule has 1 aliphatic rings. The predicted octanol–water partition coefficient (Wildman–Crippen LogP) is 4.25. The Labute approximate surface area is 132 Å². The van der Waals surface area contributed by atoms with Gasteiger partial charge in [-0.15, -0.1) is 0 Å². The number of carbonyl (C=O) groups excluding carboxylic acids is 1. The predicted molar refractivity (Wildman–Crippen MR) is 88.5 cm³/mol. The van der Waals surface area contributed by atoms with Gasteiger partial charge in [-0.1, -0.05) is 60.7 Å². The molecule has 0 radical (unpaired) electrons. The summed E-state index contributed by atoms with van der Waals surface area (Å²) < 4.78 is 0. The largest absolute Gasteiger partial charge is 0.321 e. The number of amides is 2. The third-order valence-electron chi connectivity index (χ3n) is 4.43. The Balaban J connectivity index is 2.11. The molecule has 2 aromatic carbocycles. The van der Waals surface area contributed by atoms with Crippen LogP contribution in [0.3, 0.4) is 0 Å². The van der Waals surface area contributed by atoms with Gasteiger partial charge in [0.15, 0.2) is 0 Å². The molecule has 3 heteroatoms. The number of hydrogen-bond acceptors (Lipinski definition) is 1. The maximum Gasteiger partial charge on any atom is 0.321 e. The van der Waals surface area contributed by atoms with E-state index in [4.69, 9.17) is 0 Å². The molecule has 0 aromatic heterocycles. The lowest BCUT2D eigenvalue weighted by atomic mass is 9.93. The third-order valence-corrected chi connectivity index (χ3v) is 4.43. The van der Waals surface area contributed by atoms with Crippen molar-refractivity contribution in [3.63, 3.8) is 0 Å². The lowest BCUT2D eigenvalue weighted by molar-refractivity contribution is 0.188. The van der Waals surface area contributed by atoms with Crippen LogP contribution in [-0.2, 0) is 0 Å². The lowest BCUT2D eigenvalue weighted by Gasteiger charge is -2.28. The van der Waals surface area contributed by atoms with Crippen LogP contribution < -0.4 is 0 Å². The van der Waals surface area contributed by atoms with Crippen LogP contribution in [0.25, 0.3) is 0 Å². The highest BCUT2D eigenvalue weighted by molar-refractivity contribution is 5.78. The fourth-order valence-corrected chi connectivity index (χ4v) is 3.43. The number of urea groups is 1. The van der Waals surface area contributed by atoms with Crippen molar-refractivity contribution in [1.82, 2.24) is 9.80 Å². The molecule has 0 unspecified atom stereocenters. The second-order valence-corrected chi connectivity index (χ2v) is 5.57. The molecule has 0 N–H and O–H groups in total. The van der Waals surface area contributed by atoms with Gasteiger partial charge in [0.2, 0.25) is 0 Å². The van der Waals surface area contributed by atoms with Crippen molar-refractivity contribution in [3.8, 4) is 0 Å². The van der Waals surface area contributed by atoms with Crippen LogP contribution in [0.2, 0.25) is 0 Å². The third kappa shape index (κ3) is 2.37. The topological polar surface area (TPSA) is 23.6 Å².